The highest BCUT2D eigenvalue weighted by atomic mass is 15.1. The molecule has 0 aliphatic rings. The highest BCUT2D eigenvalue weighted by molar-refractivity contribution is 5.45. The minimum absolute atomic E-state index is 1.23. The van der Waals surface area contributed by atoms with Crippen molar-refractivity contribution in [2.45, 2.75) is 155 Å². The molecule has 0 aliphatic heterocycles. The molecule has 0 bridgehead atoms. The number of nitrogens with zero attached hydrogens (tertiary/aromatic N) is 1. The summed E-state index contributed by atoms with van der Waals surface area (Å²) in [6.45, 7) is 7.07. The highest BCUT2D eigenvalue weighted by Gasteiger charge is 2.06. The fraction of sp³-hybridized carbons (Fsp3) is 0.812. The quantitative estimate of drug-likeness (QED) is 0.132. The van der Waals surface area contributed by atoms with Gasteiger partial charge in [-0.05, 0) is 25.0 Å². The van der Waals surface area contributed by atoms with E-state index in [1.165, 1.54) is 160 Å². The zero-order chi connectivity index (χ0) is 23.7. The molecular formula is C32H59N. The van der Waals surface area contributed by atoms with Gasteiger partial charge in [-0.15, -0.1) is 0 Å². The van der Waals surface area contributed by atoms with Crippen molar-refractivity contribution in [2.75, 3.05) is 18.0 Å². The Hall–Kier alpha value is -0.980. The lowest BCUT2D eigenvalue weighted by molar-refractivity contribution is 0.538. The molecule has 1 heteroatoms. The summed E-state index contributed by atoms with van der Waals surface area (Å²) in [7, 11) is 0. The first-order valence-corrected chi connectivity index (χ1v) is 15.2. The van der Waals surface area contributed by atoms with Crippen molar-refractivity contribution in [1.29, 1.82) is 0 Å². The zero-order valence-electron chi connectivity index (χ0n) is 22.8. The summed E-state index contributed by atoms with van der Waals surface area (Å²) >= 11 is 0. The second-order valence-electron chi connectivity index (χ2n) is 10.4. The van der Waals surface area contributed by atoms with Crippen molar-refractivity contribution >= 4 is 5.69 Å². The van der Waals surface area contributed by atoms with Crippen LogP contribution in [0.2, 0.25) is 0 Å². The summed E-state index contributed by atoms with van der Waals surface area (Å²) in [5.41, 5.74) is 1.43. The monoisotopic (exact) mass is 457 g/mol. The second-order valence-corrected chi connectivity index (χ2v) is 10.4. The van der Waals surface area contributed by atoms with Crippen LogP contribution in [0.25, 0.3) is 0 Å². The van der Waals surface area contributed by atoms with Crippen molar-refractivity contribution < 1.29 is 0 Å². The van der Waals surface area contributed by atoms with Crippen LogP contribution in [0.5, 0.6) is 0 Å². The Balaban J connectivity index is 2.07. The van der Waals surface area contributed by atoms with Gasteiger partial charge in [0, 0.05) is 18.8 Å². The van der Waals surface area contributed by atoms with Gasteiger partial charge in [-0.3, -0.25) is 0 Å². The number of anilines is 1. The Morgan fingerprint density at radius 2 is 0.697 bits per heavy atom. The van der Waals surface area contributed by atoms with Gasteiger partial charge >= 0.3 is 0 Å². The minimum Gasteiger partial charge on any atom is -0.372 e. The van der Waals surface area contributed by atoms with Crippen LogP contribution in [-0.4, -0.2) is 13.1 Å². The lowest BCUT2D eigenvalue weighted by Gasteiger charge is -2.25. The second kappa shape index (κ2) is 24.2. The summed E-state index contributed by atoms with van der Waals surface area (Å²) in [4.78, 5) is 2.65. The topological polar surface area (TPSA) is 3.24 Å². The molecule has 0 atom stereocenters. The fourth-order valence-electron chi connectivity index (χ4n) is 4.94. The molecule has 0 saturated heterocycles. The van der Waals surface area contributed by atoms with E-state index in [0.717, 1.165) is 0 Å². The maximum Gasteiger partial charge on any atom is 0.0366 e. The first-order chi connectivity index (χ1) is 16.4. The SMILES string of the molecule is CCCCCCCCCCCCCN(CCCCCCCCCCCCC)c1ccccc1. The molecule has 0 saturated carbocycles. The van der Waals surface area contributed by atoms with E-state index in [4.69, 9.17) is 0 Å². The number of hydrogen-bond acceptors (Lipinski definition) is 1. The lowest BCUT2D eigenvalue weighted by Crippen LogP contribution is -2.25. The van der Waals surface area contributed by atoms with Gasteiger partial charge in [-0.25, -0.2) is 0 Å². The van der Waals surface area contributed by atoms with E-state index in [0.29, 0.717) is 0 Å². The van der Waals surface area contributed by atoms with E-state index in [2.05, 4.69) is 49.1 Å². The zero-order valence-corrected chi connectivity index (χ0v) is 22.8. The van der Waals surface area contributed by atoms with Crippen LogP contribution in [0, 0.1) is 0 Å². The van der Waals surface area contributed by atoms with Gasteiger partial charge in [-0.2, -0.15) is 0 Å². The third-order valence-electron chi connectivity index (χ3n) is 7.18. The lowest BCUT2D eigenvalue weighted by atomic mass is 10.1. The van der Waals surface area contributed by atoms with Crippen LogP contribution >= 0.6 is 0 Å². The van der Waals surface area contributed by atoms with Gasteiger partial charge in [0.05, 0.1) is 0 Å². The highest BCUT2D eigenvalue weighted by Crippen LogP contribution is 2.18. The first-order valence-electron chi connectivity index (χ1n) is 15.2. The van der Waals surface area contributed by atoms with Crippen LogP contribution in [-0.2, 0) is 0 Å². The van der Waals surface area contributed by atoms with Gasteiger partial charge in [0.1, 0.15) is 0 Å². The number of benzene rings is 1. The molecule has 0 amide bonds. The minimum atomic E-state index is 1.23. The van der Waals surface area contributed by atoms with Crippen molar-refractivity contribution in [2.24, 2.45) is 0 Å². The van der Waals surface area contributed by atoms with E-state index in [9.17, 15) is 0 Å². The summed E-state index contributed by atoms with van der Waals surface area (Å²) in [5.74, 6) is 0. The van der Waals surface area contributed by atoms with E-state index in [1.807, 2.05) is 0 Å². The molecule has 33 heavy (non-hydrogen) atoms. The van der Waals surface area contributed by atoms with E-state index < -0.39 is 0 Å². The standard InChI is InChI=1S/C32H59N/c1-3-5-7-9-11-13-15-17-19-21-26-30-33(32-28-24-23-25-29-32)31-27-22-20-18-16-14-12-10-8-6-4-2/h23-25,28-29H,3-22,26-27,30-31H2,1-2H3. The van der Waals surface area contributed by atoms with E-state index in [1.54, 1.807) is 0 Å². The largest absolute Gasteiger partial charge is 0.372 e. The Kier molecular flexibility index (Phi) is 22.0. The fourth-order valence-corrected chi connectivity index (χ4v) is 4.94. The van der Waals surface area contributed by atoms with Gasteiger partial charge in [0.25, 0.3) is 0 Å². The summed E-state index contributed by atoms with van der Waals surface area (Å²) in [6.07, 6.45) is 31.4. The predicted molar refractivity (Wildman–Crippen MR) is 152 cm³/mol. The third kappa shape index (κ3) is 19.1. The number of unbranched alkanes of at least 4 members (excludes halogenated alkanes) is 20. The Labute approximate surface area is 209 Å². The van der Waals surface area contributed by atoms with Gasteiger partial charge < -0.3 is 4.90 Å². The summed E-state index contributed by atoms with van der Waals surface area (Å²) < 4.78 is 0. The molecule has 0 N–H and O–H groups in total. The molecule has 192 valence electrons. The molecule has 0 aliphatic carbocycles. The molecule has 1 nitrogen and oxygen atoms in total. The maximum atomic E-state index is 2.65. The van der Waals surface area contributed by atoms with Crippen LogP contribution in [0.1, 0.15) is 155 Å². The molecule has 0 spiro atoms. The Morgan fingerprint density at radius 3 is 1.03 bits per heavy atom. The first kappa shape index (κ1) is 30.1. The number of hydrogen-bond donors (Lipinski definition) is 0. The molecular weight excluding hydrogens is 398 g/mol. The molecule has 0 unspecified atom stereocenters. The summed E-state index contributed by atoms with van der Waals surface area (Å²) in [5, 5.41) is 0. The summed E-state index contributed by atoms with van der Waals surface area (Å²) in [6, 6.07) is 11.1. The molecule has 1 aromatic rings. The Bertz CT molecular complexity index is 457. The number of para-hydroxylation sites is 1. The van der Waals surface area contributed by atoms with Crippen molar-refractivity contribution in [3.05, 3.63) is 30.3 Å². The molecule has 0 aromatic heterocycles. The average Bonchev–Trinajstić information content (AvgIpc) is 2.85. The van der Waals surface area contributed by atoms with Crippen molar-refractivity contribution in [1.82, 2.24) is 0 Å². The maximum absolute atomic E-state index is 2.65. The van der Waals surface area contributed by atoms with Crippen LogP contribution in [0.15, 0.2) is 30.3 Å². The predicted octanol–water partition coefficient (Wildman–Crippen LogP) is 11.1. The van der Waals surface area contributed by atoms with E-state index >= 15 is 0 Å². The molecule has 0 radical (unpaired) electrons. The van der Waals surface area contributed by atoms with Crippen LogP contribution < -0.4 is 4.90 Å². The van der Waals surface area contributed by atoms with Crippen LogP contribution in [0.4, 0.5) is 5.69 Å². The van der Waals surface area contributed by atoms with Crippen molar-refractivity contribution in [3.8, 4) is 0 Å². The average molecular weight is 458 g/mol. The van der Waals surface area contributed by atoms with E-state index in [-0.39, 0.29) is 0 Å². The Morgan fingerprint density at radius 1 is 0.394 bits per heavy atom. The molecule has 1 rings (SSSR count). The normalized spacial score (nSPS) is 11.2. The van der Waals surface area contributed by atoms with Gasteiger partial charge in [0.15, 0.2) is 0 Å². The number of rotatable bonds is 25. The molecule has 0 heterocycles. The van der Waals surface area contributed by atoms with Gasteiger partial charge in [0.2, 0.25) is 0 Å². The van der Waals surface area contributed by atoms with Gasteiger partial charge in [-0.1, -0.05) is 160 Å². The smallest absolute Gasteiger partial charge is 0.0366 e. The van der Waals surface area contributed by atoms with Crippen LogP contribution in [0.3, 0.4) is 0 Å². The molecule has 1 aromatic carbocycles. The molecule has 0 fully saturated rings. The van der Waals surface area contributed by atoms with Crippen molar-refractivity contribution in [3.63, 3.8) is 0 Å². The third-order valence-corrected chi connectivity index (χ3v) is 7.18.